The van der Waals surface area contributed by atoms with Gasteiger partial charge in [-0.25, -0.2) is 4.39 Å². The van der Waals surface area contributed by atoms with Gasteiger partial charge in [-0.15, -0.1) is 0 Å². The summed E-state index contributed by atoms with van der Waals surface area (Å²) in [7, 11) is 1.78. The highest BCUT2D eigenvalue weighted by Crippen LogP contribution is 2.34. The molecule has 2 aromatic carbocycles. The van der Waals surface area contributed by atoms with Gasteiger partial charge in [-0.3, -0.25) is 14.4 Å². The number of ether oxygens (including phenoxy) is 1. The topological polar surface area (TPSA) is 71.8 Å². The predicted molar refractivity (Wildman–Crippen MR) is 148 cm³/mol. The monoisotopic (exact) mass is 553 g/mol. The number of aromatic nitrogens is 1. The number of fused-ring (bicyclic) bond motifs is 1. The lowest BCUT2D eigenvalue weighted by atomic mass is 9.79. The van der Waals surface area contributed by atoms with Gasteiger partial charge in [0.15, 0.2) is 0 Å². The van der Waals surface area contributed by atoms with Crippen LogP contribution in [0.5, 0.6) is 0 Å². The Kier molecular flexibility index (Phi) is 7.78. The first kappa shape index (κ1) is 27.3. The molecule has 0 radical (unpaired) electrons. The number of piperidine rings is 1. The standard InChI is InChI=1S/C30H33ClFN3O4/c1-18-16-35(19(2)12-21(18)13-20-4-6-22(32)7-5-20)29(37)24-14-23-25(17-33(3)27(23)15-26(24)31)28(36)30(38)34-8-10-39-11-9-34/h4-7,14-15,17-19,21H,8-13,16H2,1-3H3/t18-,19+,21?/m0/s1. The van der Waals surface area contributed by atoms with Gasteiger partial charge in [-0.05, 0) is 61.4 Å². The van der Waals surface area contributed by atoms with Gasteiger partial charge in [-0.2, -0.15) is 0 Å². The van der Waals surface area contributed by atoms with Crippen molar-refractivity contribution in [3.05, 3.63) is 70.1 Å². The van der Waals surface area contributed by atoms with Gasteiger partial charge in [-0.1, -0.05) is 30.7 Å². The zero-order valence-corrected chi connectivity index (χ0v) is 23.2. The molecule has 3 aromatic rings. The fraction of sp³-hybridized carbons (Fsp3) is 0.433. The molecule has 2 aliphatic rings. The van der Waals surface area contributed by atoms with Crippen molar-refractivity contribution in [1.82, 2.24) is 14.4 Å². The second-order valence-electron chi connectivity index (χ2n) is 10.8. The molecule has 0 bridgehead atoms. The quantitative estimate of drug-likeness (QED) is 0.338. The zero-order chi connectivity index (χ0) is 27.8. The van der Waals surface area contributed by atoms with Crippen LogP contribution in [0.4, 0.5) is 4.39 Å². The van der Waals surface area contributed by atoms with E-state index in [0.29, 0.717) is 60.3 Å². The van der Waals surface area contributed by atoms with E-state index in [9.17, 15) is 18.8 Å². The molecule has 2 fully saturated rings. The molecule has 3 heterocycles. The fourth-order valence-electron chi connectivity index (χ4n) is 5.86. The predicted octanol–water partition coefficient (Wildman–Crippen LogP) is 4.74. The first-order chi connectivity index (χ1) is 18.6. The minimum atomic E-state index is -0.605. The summed E-state index contributed by atoms with van der Waals surface area (Å²) in [6, 6.07) is 9.93. The van der Waals surface area contributed by atoms with Crippen LogP contribution in [-0.2, 0) is 23.0 Å². The molecule has 7 nitrogen and oxygen atoms in total. The number of likely N-dealkylation sites (tertiary alicyclic amines) is 1. The van der Waals surface area contributed by atoms with E-state index >= 15 is 0 Å². The Hall–Kier alpha value is -3.23. The van der Waals surface area contributed by atoms with E-state index in [1.165, 1.54) is 17.0 Å². The van der Waals surface area contributed by atoms with E-state index in [2.05, 4.69) is 6.92 Å². The molecule has 39 heavy (non-hydrogen) atoms. The maximum Gasteiger partial charge on any atom is 0.295 e. The molecular formula is C30H33ClFN3O4. The second-order valence-corrected chi connectivity index (χ2v) is 11.3. The Labute approximate surface area is 232 Å². The molecule has 1 aromatic heterocycles. The number of carbonyl (C=O) groups is 3. The number of nitrogens with zero attached hydrogens (tertiary/aromatic N) is 3. The highest BCUT2D eigenvalue weighted by atomic mass is 35.5. The smallest absolute Gasteiger partial charge is 0.295 e. The molecule has 0 spiro atoms. The SMILES string of the molecule is C[C@@H]1CC(Cc2ccc(F)cc2)[C@@H](C)CN1C(=O)c1cc2c(C(=O)C(=O)N3CCOCC3)cn(C)c2cc1Cl. The summed E-state index contributed by atoms with van der Waals surface area (Å²) in [6.07, 6.45) is 3.27. The van der Waals surface area contributed by atoms with Gasteiger partial charge in [0.2, 0.25) is 0 Å². The Morgan fingerprint density at radius 2 is 1.74 bits per heavy atom. The second kappa shape index (κ2) is 11.1. The van der Waals surface area contributed by atoms with Gasteiger partial charge < -0.3 is 19.1 Å². The lowest BCUT2D eigenvalue weighted by Crippen LogP contribution is -2.48. The summed E-state index contributed by atoms with van der Waals surface area (Å²) in [5, 5.41) is 0.837. The maximum absolute atomic E-state index is 13.8. The average Bonchev–Trinajstić information content (AvgIpc) is 3.25. The lowest BCUT2D eigenvalue weighted by Gasteiger charge is -2.42. The van der Waals surface area contributed by atoms with Crippen LogP contribution in [-0.4, -0.2) is 70.9 Å². The average molecular weight is 554 g/mol. The van der Waals surface area contributed by atoms with Gasteiger partial charge >= 0.3 is 0 Å². The van der Waals surface area contributed by atoms with Crippen molar-refractivity contribution in [1.29, 1.82) is 0 Å². The van der Waals surface area contributed by atoms with E-state index < -0.39 is 11.7 Å². The first-order valence-electron chi connectivity index (χ1n) is 13.4. The highest BCUT2D eigenvalue weighted by molar-refractivity contribution is 6.45. The zero-order valence-electron chi connectivity index (χ0n) is 22.5. The van der Waals surface area contributed by atoms with Crippen molar-refractivity contribution in [3.8, 4) is 0 Å². The summed E-state index contributed by atoms with van der Waals surface area (Å²) in [4.78, 5) is 43.3. The minimum absolute atomic E-state index is 0.0225. The molecule has 0 N–H and O–H groups in total. The number of benzene rings is 2. The number of aryl methyl sites for hydroxylation is 1. The van der Waals surface area contributed by atoms with Gasteiger partial charge in [0.25, 0.3) is 17.6 Å². The van der Waals surface area contributed by atoms with Crippen LogP contribution in [0, 0.1) is 17.7 Å². The van der Waals surface area contributed by atoms with Crippen LogP contribution in [0.25, 0.3) is 10.9 Å². The van der Waals surface area contributed by atoms with Crippen LogP contribution in [0.2, 0.25) is 5.02 Å². The highest BCUT2D eigenvalue weighted by Gasteiger charge is 2.35. The van der Waals surface area contributed by atoms with Crippen molar-refractivity contribution < 1.29 is 23.5 Å². The van der Waals surface area contributed by atoms with Gasteiger partial charge in [0.1, 0.15) is 5.82 Å². The summed E-state index contributed by atoms with van der Waals surface area (Å²) < 4.78 is 20.4. The van der Waals surface area contributed by atoms with Crippen molar-refractivity contribution >= 4 is 40.1 Å². The van der Waals surface area contributed by atoms with Crippen LogP contribution in [0.15, 0.2) is 42.6 Å². The Balaban J connectivity index is 1.38. The maximum atomic E-state index is 13.8. The van der Waals surface area contributed by atoms with E-state index in [1.54, 1.807) is 29.9 Å². The molecule has 2 saturated heterocycles. The first-order valence-corrected chi connectivity index (χ1v) is 13.8. The largest absolute Gasteiger partial charge is 0.378 e. The molecule has 5 rings (SSSR count). The summed E-state index contributed by atoms with van der Waals surface area (Å²) >= 11 is 6.63. The molecule has 1 unspecified atom stereocenters. The molecule has 9 heteroatoms. The van der Waals surface area contributed by atoms with Gasteiger partial charge in [0, 0.05) is 44.3 Å². The van der Waals surface area contributed by atoms with E-state index in [-0.39, 0.29) is 29.2 Å². The third kappa shape index (κ3) is 5.45. The number of morpholine rings is 1. The number of rotatable bonds is 5. The molecule has 0 aliphatic carbocycles. The van der Waals surface area contributed by atoms with Crippen molar-refractivity contribution in [3.63, 3.8) is 0 Å². The molecule has 2 aliphatic heterocycles. The Morgan fingerprint density at radius 3 is 2.44 bits per heavy atom. The normalized spacial score (nSPS) is 21.8. The Morgan fingerprint density at radius 1 is 1.05 bits per heavy atom. The number of ketones is 1. The van der Waals surface area contributed by atoms with Crippen LogP contribution in [0.1, 0.15) is 46.5 Å². The summed E-state index contributed by atoms with van der Waals surface area (Å²) in [5.74, 6) is -1.02. The third-order valence-corrected chi connectivity index (χ3v) is 8.50. The van der Waals surface area contributed by atoms with E-state index in [1.807, 2.05) is 24.0 Å². The van der Waals surface area contributed by atoms with E-state index in [0.717, 1.165) is 18.4 Å². The van der Waals surface area contributed by atoms with E-state index in [4.69, 9.17) is 16.3 Å². The number of hydrogen-bond acceptors (Lipinski definition) is 4. The van der Waals surface area contributed by atoms with Crippen LogP contribution >= 0.6 is 11.6 Å². The van der Waals surface area contributed by atoms with Crippen LogP contribution < -0.4 is 0 Å². The molecule has 2 amide bonds. The van der Waals surface area contributed by atoms with Crippen molar-refractivity contribution in [2.45, 2.75) is 32.7 Å². The summed E-state index contributed by atoms with van der Waals surface area (Å²) in [5.41, 5.74) is 2.34. The number of carbonyl (C=O) groups excluding carboxylic acids is 3. The van der Waals surface area contributed by atoms with Gasteiger partial charge in [0.05, 0.1) is 34.9 Å². The number of amides is 2. The molecule has 0 saturated carbocycles. The third-order valence-electron chi connectivity index (χ3n) is 8.18. The van der Waals surface area contributed by atoms with Crippen LogP contribution in [0.3, 0.4) is 0 Å². The molecule has 206 valence electrons. The minimum Gasteiger partial charge on any atom is -0.378 e. The number of halogens is 2. The fourth-order valence-corrected chi connectivity index (χ4v) is 6.09. The van der Waals surface area contributed by atoms with Crippen molar-refractivity contribution in [2.24, 2.45) is 18.9 Å². The molecule has 3 atom stereocenters. The number of Topliss-reactive ketones (excluding diaryl/α,β-unsaturated/α-hetero) is 1. The van der Waals surface area contributed by atoms with Crippen molar-refractivity contribution in [2.75, 3.05) is 32.8 Å². The number of hydrogen-bond donors (Lipinski definition) is 0. The molecular weight excluding hydrogens is 521 g/mol. The summed E-state index contributed by atoms with van der Waals surface area (Å²) in [6.45, 7) is 6.29. The Bertz CT molecular complexity index is 1410. The lowest BCUT2D eigenvalue weighted by molar-refractivity contribution is -0.130.